The van der Waals surface area contributed by atoms with Crippen LogP contribution in [-0.2, 0) is 9.59 Å². The topological polar surface area (TPSA) is 66.8 Å². The number of nitrogens with zero attached hydrogens (tertiary/aromatic N) is 1. The second kappa shape index (κ2) is 9.23. The first-order valence-corrected chi connectivity index (χ1v) is 10.0. The van der Waals surface area contributed by atoms with Crippen LogP contribution in [0.1, 0.15) is 18.4 Å². The zero-order chi connectivity index (χ0) is 20.1. The van der Waals surface area contributed by atoms with E-state index in [2.05, 4.69) is 0 Å². The summed E-state index contributed by atoms with van der Waals surface area (Å²) in [5.41, 5.74) is 0.842. The molecule has 0 aromatic heterocycles. The van der Waals surface area contributed by atoms with E-state index >= 15 is 0 Å². The van der Waals surface area contributed by atoms with Crippen molar-refractivity contribution in [2.45, 2.75) is 12.8 Å². The molecule has 144 valence electrons. The summed E-state index contributed by atoms with van der Waals surface area (Å²) in [6.45, 7) is 0.308. The monoisotopic (exact) mass is 433 g/mol. The summed E-state index contributed by atoms with van der Waals surface area (Å²) in [7, 11) is 0. The Morgan fingerprint density at radius 3 is 2.36 bits per heavy atom. The molecule has 1 heterocycles. The summed E-state index contributed by atoms with van der Waals surface area (Å²) in [6.07, 6.45) is 2.14. The highest BCUT2D eigenvalue weighted by molar-refractivity contribution is 8.26. The van der Waals surface area contributed by atoms with Crippen molar-refractivity contribution in [2.24, 2.45) is 0 Å². The van der Waals surface area contributed by atoms with Gasteiger partial charge in [0.25, 0.3) is 5.91 Å². The number of benzene rings is 2. The predicted octanol–water partition coefficient (Wildman–Crippen LogP) is 5.20. The summed E-state index contributed by atoms with van der Waals surface area (Å²) in [5, 5.41) is 9.37. The van der Waals surface area contributed by atoms with Gasteiger partial charge in [0.1, 0.15) is 15.8 Å². The third kappa shape index (κ3) is 5.34. The number of ether oxygens (including phenoxy) is 1. The van der Waals surface area contributed by atoms with Gasteiger partial charge in [-0.15, -0.1) is 0 Å². The van der Waals surface area contributed by atoms with Gasteiger partial charge < -0.3 is 9.84 Å². The van der Waals surface area contributed by atoms with Crippen molar-refractivity contribution in [3.63, 3.8) is 0 Å². The van der Waals surface area contributed by atoms with E-state index in [1.54, 1.807) is 30.3 Å². The molecule has 0 radical (unpaired) electrons. The molecule has 3 rings (SSSR count). The average Bonchev–Trinajstić information content (AvgIpc) is 2.92. The van der Waals surface area contributed by atoms with Crippen molar-refractivity contribution < 1.29 is 19.4 Å². The van der Waals surface area contributed by atoms with Gasteiger partial charge >= 0.3 is 5.97 Å². The lowest BCUT2D eigenvalue weighted by Gasteiger charge is -2.13. The number of carboxylic acids is 1. The third-order valence-electron chi connectivity index (χ3n) is 3.87. The van der Waals surface area contributed by atoms with Gasteiger partial charge in [-0.2, -0.15) is 0 Å². The fourth-order valence-corrected chi connectivity index (χ4v) is 3.94. The zero-order valence-corrected chi connectivity index (χ0v) is 17.0. The molecule has 0 spiro atoms. The number of amides is 1. The maximum Gasteiger partial charge on any atom is 0.303 e. The Kier molecular flexibility index (Phi) is 6.72. The molecule has 2 aromatic carbocycles. The number of carbonyl (C=O) groups is 2. The van der Waals surface area contributed by atoms with E-state index in [0.29, 0.717) is 38.7 Å². The van der Waals surface area contributed by atoms with Crippen molar-refractivity contribution in [1.29, 1.82) is 0 Å². The average molecular weight is 434 g/mol. The molecule has 2 aromatic rings. The van der Waals surface area contributed by atoms with Crippen molar-refractivity contribution in [3.05, 3.63) is 64.0 Å². The Bertz CT molecular complexity index is 926. The number of thioether (sulfide) groups is 1. The maximum absolute atomic E-state index is 12.5. The normalized spacial score (nSPS) is 15.3. The van der Waals surface area contributed by atoms with Crippen LogP contribution in [0.2, 0.25) is 5.02 Å². The van der Waals surface area contributed by atoms with E-state index in [1.165, 1.54) is 16.7 Å². The number of halogens is 1. The van der Waals surface area contributed by atoms with Gasteiger partial charge in [-0.3, -0.25) is 14.5 Å². The third-order valence-corrected chi connectivity index (χ3v) is 5.50. The Labute approximate surface area is 176 Å². The second-order valence-corrected chi connectivity index (χ2v) is 8.07. The Hall–Kier alpha value is -2.35. The van der Waals surface area contributed by atoms with Crippen molar-refractivity contribution in [3.8, 4) is 11.5 Å². The molecular formula is C20H16ClNO4S2. The van der Waals surface area contributed by atoms with E-state index in [9.17, 15) is 9.59 Å². The lowest BCUT2D eigenvalue weighted by molar-refractivity contribution is -0.137. The number of thiocarbonyl (C=S) groups is 1. The summed E-state index contributed by atoms with van der Waals surface area (Å²) in [4.78, 5) is 25.1. The van der Waals surface area contributed by atoms with Crippen LogP contribution in [0.5, 0.6) is 11.5 Å². The quantitative estimate of drug-likeness (QED) is 0.478. The highest BCUT2D eigenvalue weighted by Crippen LogP contribution is 2.33. The first-order valence-electron chi connectivity index (χ1n) is 8.43. The Morgan fingerprint density at radius 1 is 1.14 bits per heavy atom. The molecule has 0 bridgehead atoms. The first-order chi connectivity index (χ1) is 13.4. The molecule has 0 aliphatic carbocycles. The molecule has 0 saturated carbocycles. The van der Waals surface area contributed by atoms with Gasteiger partial charge in [0.15, 0.2) is 0 Å². The molecule has 8 heteroatoms. The van der Waals surface area contributed by atoms with E-state index in [-0.39, 0.29) is 12.3 Å². The Balaban J connectivity index is 1.64. The SMILES string of the molecule is O=C(O)CCCN1C(=O)C(=Cc2ccc(Oc3ccc(Cl)cc3)cc2)SC1=S. The van der Waals surface area contributed by atoms with Crippen LogP contribution in [-0.4, -0.2) is 32.7 Å². The summed E-state index contributed by atoms with van der Waals surface area (Å²) in [5.74, 6) is 0.267. The molecule has 0 atom stereocenters. The zero-order valence-electron chi connectivity index (χ0n) is 14.6. The number of hydrogen-bond donors (Lipinski definition) is 1. The number of rotatable bonds is 7. The van der Waals surface area contributed by atoms with Gasteiger partial charge in [0.2, 0.25) is 0 Å². The van der Waals surface area contributed by atoms with Crippen LogP contribution in [0.25, 0.3) is 6.08 Å². The maximum atomic E-state index is 12.5. The molecule has 1 amide bonds. The van der Waals surface area contributed by atoms with Crippen LogP contribution >= 0.6 is 35.6 Å². The lowest BCUT2D eigenvalue weighted by atomic mass is 10.2. The van der Waals surface area contributed by atoms with Gasteiger partial charge in [0.05, 0.1) is 4.91 Å². The molecule has 5 nitrogen and oxygen atoms in total. The fraction of sp³-hybridized carbons (Fsp3) is 0.150. The minimum atomic E-state index is -0.887. The smallest absolute Gasteiger partial charge is 0.303 e. The molecule has 1 N–H and O–H groups in total. The molecular weight excluding hydrogens is 418 g/mol. The molecule has 1 aliphatic rings. The second-order valence-electron chi connectivity index (χ2n) is 5.96. The Morgan fingerprint density at radius 2 is 1.75 bits per heavy atom. The van der Waals surface area contributed by atoms with Crippen molar-refractivity contribution >= 4 is 57.9 Å². The highest BCUT2D eigenvalue weighted by atomic mass is 35.5. The van der Waals surface area contributed by atoms with Crippen LogP contribution in [0.4, 0.5) is 0 Å². The standard InChI is InChI=1S/C20H16ClNO4S2/c21-14-5-9-16(10-6-14)26-15-7-3-13(4-8-15)12-17-19(25)22(20(27)28-17)11-1-2-18(23)24/h3-10,12H,1-2,11H2,(H,23,24). The first kappa shape index (κ1) is 20.4. The molecule has 0 unspecified atom stereocenters. The van der Waals surface area contributed by atoms with Crippen LogP contribution in [0.3, 0.4) is 0 Å². The highest BCUT2D eigenvalue weighted by Gasteiger charge is 2.31. The summed E-state index contributed by atoms with van der Waals surface area (Å²) in [6, 6.07) is 14.4. The van der Waals surface area contributed by atoms with Crippen LogP contribution in [0, 0.1) is 0 Å². The van der Waals surface area contributed by atoms with Crippen molar-refractivity contribution in [2.75, 3.05) is 6.54 Å². The van der Waals surface area contributed by atoms with E-state index in [0.717, 1.165) is 5.56 Å². The molecule has 1 saturated heterocycles. The van der Waals surface area contributed by atoms with Gasteiger partial charge in [-0.1, -0.05) is 47.7 Å². The van der Waals surface area contributed by atoms with Gasteiger partial charge in [-0.05, 0) is 54.5 Å². The minimum Gasteiger partial charge on any atom is -0.481 e. The van der Waals surface area contributed by atoms with Crippen LogP contribution in [0.15, 0.2) is 53.4 Å². The van der Waals surface area contributed by atoms with Crippen molar-refractivity contribution in [1.82, 2.24) is 4.90 Å². The summed E-state index contributed by atoms with van der Waals surface area (Å²) < 4.78 is 6.20. The van der Waals surface area contributed by atoms with E-state index in [1.807, 2.05) is 24.3 Å². The largest absolute Gasteiger partial charge is 0.481 e. The number of aliphatic carboxylic acids is 1. The lowest BCUT2D eigenvalue weighted by Crippen LogP contribution is -2.29. The summed E-state index contributed by atoms with van der Waals surface area (Å²) >= 11 is 12.3. The van der Waals surface area contributed by atoms with E-state index < -0.39 is 5.97 Å². The molecule has 1 aliphatic heterocycles. The molecule has 28 heavy (non-hydrogen) atoms. The number of carbonyl (C=O) groups excluding carboxylic acids is 1. The minimum absolute atomic E-state index is 0.00515. The van der Waals surface area contributed by atoms with Gasteiger partial charge in [0, 0.05) is 18.0 Å². The fourth-order valence-electron chi connectivity index (χ4n) is 2.50. The number of hydrogen-bond acceptors (Lipinski definition) is 5. The van der Waals surface area contributed by atoms with Crippen LogP contribution < -0.4 is 4.74 Å². The van der Waals surface area contributed by atoms with Gasteiger partial charge in [-0.25, -0.2) is 0 Å². The molecule has 1 fully saturated rings. The van der Waals surface area contributed by atoms with E-state index in [4.69, 9.17) is 33.7 Å². The predicted molar refractivity (Wildman–Crippen MR) is 115 cm³/mol. The number of carboxylic acid groups (broad SMARTS) is 1.